The number of aliphatic hydroxyl groups is 3. The zero-order chi connectivity index (χ0) is 16.0. The number of pyridine rings is 1. The van der Waals surface area contributed by atoms with Crippen molar-refractivity contribution in [2.45, 2.75) is 24.4 Å². The number of halogens is 2. The van der Waals surface area contributed by atoms with Crippen LogP contribution >= 0.6 is 0 Å². The van der Waals surface area contributed by atoms with Gasteiger partial charge in [-0.3, -0.25) is 4.79 Å². The number of fused-ring (bicyclic) bond motifs is 1. The predicted molar refractivity (Wildman–Crippen MR) is 66.8 cm³/mol. The molecule has 0 saturated carbocycles. The molecule has 1 fully saturated rings. The average molecular weight is 315 g/mol. The van der Waals surface area contributed by atoms with Gasteiger partial charge in [-0.25, -0.2) is 4.98 Å². The Kier molecular flexibility index (Phi) is 3.60. The molecule has 0 spiro atoms. The van der Waals surface area contributed by atoms with E-state index in [1.165, 1.54) is 0 Å². The van der Waals surface area contributed by atoms with Crippen molar-refractivity contribution in [3.8, 4) is 0 Å². The molecule has 22 heavy (non-hydrogen) atoms. The zero-order valence-corrected chi connectivity index (χ0v) is 10.9. The highest BCUT2D eigenvalue weighted by Gasteiger charge is 2.44. The van der Waals surface area contributed by atoms with Crippen LogP contribution in [-0.2, 0) is 4.74 Å². The maximum absolute atomic E-state index is 13.1. The van der Waals surface area contributed by atoms with Crippen LogP contribution in [0.3, 0.4) is 0 Å². The molecule has 2 aromatic rings. The summed E-state index contributed by atoms with van der Waals surface area (Å²) in [6.45, 7) is -0.556. The van der Waals surface area contributed by atoms with E-state index >= 15 is 0 Å². The third-order valence-electron chi connectivity index (χ3n) is 3.48. The van der Waals surface area contributed by atoms with Crippen molar-refractivity contribution in [2.75, 3.05) is 6.61 Å². The van der Waals surface area contributed by atoms with Crippen LogP contribution in [0.2, 0.25) is 0 Å². The van der Waals surface area contributed by atoms with Crippen LogP contribution in [-0.4, -0.2) is 55.2 Å². The summed E-state index contributed by atoms with van der Waals surface area (Å²) in [7, 11) is 0. The minimum absolute atomic E-state index is 0.143. The van der Waals surface area contributed by atoms with E-state index in [1.807, 2.05) is 0 Å². The molecule has 1 aliphatic rings. The van der Waals surface area contributed by atoms with Gasteiger partial charge in [0, 0.05) is 0 Å². The largest absolute Gasteiger partial charge is 0.394 e. The molecule has 10 heteroatoms. The second kappa shape index (κ2) is 5.32. The monoisotopic (exact) mass is 315 g/mol. The Hall–Kier alpha value is -2.01. The van der Waals surface area contributed by atoms with Crippen LogP contribution in [0.15, 0.2) is 10.9 Å². The lowest BCUT2D eigenvalue weighted by Crippen LogP contribution is -2.33. The molecule has 4 N–H and O–H groups in total. The predicted octanol–water partition coefficient (Wildman–Crippen LogP) is -1.25. The van der Waals surface area contributed by atoms with Gasteiger partial charge in [0.05, 0.1) is 12.2 Å². The van der Waals surface area contributed by atoms with Gasteiger partial charge in [0.25, 0.3) is 17.5 Å². The molecule has 1 saturated heterocycles. The molecule has 8 nitrogen and oxygen atoms in total. The number of hydrogen-bond acceptors (Lipinski definition) is 7. The third-order valence-corrected chi connectivity index (χ3v) is 3.48. The van der Waals surface area contributed by atoms with Crippen molar-refractivity contribution in [1.82, 2.24) is 15.0 Å². The maximum Gasteiger partial charge on any atom is 0.270 e. The Balaban J connectivity index is 2.10. The number of rotatable bonds is 2. The van der Waals surface area contributed by atoms with E-state index in [2.05, 4.69) is 15.0 Å². The number of hydrogen-bond donors (Lipinski definition) is 4. The molecule has 0 radical (unpaired) electrons. The fraction of sp³-hybridized carbons (Fsp3) is 0.417. The third kappa shape index (κ3) is 2.25. The van der Waals surface area contributed by atoms with E-state index in [1.54, 1.807) is 0 Å². The van der Waals surface area contributed by atoms with Crippen molar-refractivity contribution < 1.29 is 28.8 Å². The molecule has 1 aliphatic heterocycles. The molecule has 2 aromatic heterocycles. The van der Waals surface area contributed by atoms with Crippen molar-refractivity contribution >= 4 is 11.2 Å². The highest BCUT2D eigenvalue weighted by atomic mass is 19.2. The molecule has 0 aliphatic carbocycles. The zero-order valence-electron chi connectivity index (χ0n) is 10.9. The molecular weight excluding hydrogens is 304 g/mol. The molecule has 3 heterocycles. The topological polar surface area (TPSA) is 129 Å². The lowest BCUT2D eigenvalue weighted by molar-refractivity contribution is -0.0231. The van der Waals surface area contributed by atoms with Gasteiger partial charge in [-0.1, -0.05) is 0 Å². The lowest BCUT2D eigenvalue weighted by Gasteiger charge is -2.14. The van der Waals surface area contributed by atoms with E-state index < -0.39 is 48.5 Å². The molecular formula is C12H11F2N3O5. The van der Waals surface area contributed by atoms with Crippen LogP contribution in [0.1, 0.15) is 11.7 Å². The molecule has 118 valence electrons. The maximum atomic E-state index is 13.1. The van der Waals surface area contributed by atoms with E-state index in [9.17, 15) is 23.8 Å². The first-order valence-electron chi connectivity index (χ1n) is 6.30. The van der Waals surface area contributed by atoms with Gasteiger partial charge in [0.1, 0.15) is 29.9 Å². The summed E-state index contributed by atoms with van der Waals surface area (Å²) in [5, 5.41) is 28.6. The summed E-state index contributed by atoms with van der Waals surface area (Å²) < 4.78 is 31.3. The highest BCUT2D eigenvalue weighted by molar-refractivity contribution is 5.69. The normalized spacial score (nSPS) is 28.4. The van der Waals surface area contributed by atoms with E-state index in [4.69, 9.17) is 9.84 Å². The van der Waals surface area contributed by atoms with E-state index in [-0.39, 0.29) is 16.7 Å². The highest BCUT2D eigenvalue weighted by Crippen LogP contribution is 2.32. The molecule has 3 rings (SSSR count). The summed E-state index contributed by atoms with van der Waals surface area (Å²) in [6.07, 6.45) is -5.16. The van der Waals surface area contributed by atoms with Gasteiger partial charge in [-0.15, -0.1) is 0 Å². The van der Waals surface area contributed by atoms with Crippen LogP contribution in [0.25, 0.3) is 11.2 Å². The molecule has 1 unspecified atom stereocenters. The van der Waals surface area contributed by atoms with Gasteiger partial charge in [-0.05, 0) is 6.07 Å². The first-order valence-corrected chi connectivity index (χ1v) is 6.30. The van der Waals surface area contributed by atoms with Crippen LogP contribution in [0, 0.1) is 11.9 Å². The SMILES string of the molecule is O=c1[nH]c2nc(F)c(F)nc2cc1[C@@H]1O[C@H](CO)C(O)[C@@H]1O. The van der Waals surface area contributed by atoms with Gasteiger partial charge in [0.2, 0.25) is 0 Å². The Bertz CT molecular complexity index is 783. The van der Waals surface area contributed by atoms with Gasteiger partial charge in [0.15, 0.2) is 5.65 Å². The number of nitrogens with one attached hydrogen (secondary N) is 1. The lowest BCUT2D eigenvalue weighted by atomic mass is 10.0. The molecule has 0 bridgehead atoms. The summed E-state index contributed by atoms with van der Waals surface area (Å²) in [4.78, 5) is 20.7. The van der Waals surface area contributed by atoms with Gasteiger partial charge in [-0.2, -0.15) is 13.8 Å². The standard InChI is InChI=1S/C12H11F2N3O5/c13-9-10(14)16-11-4(15-9)1-3(12(21)17-11)8-7(20)6(19)5(2-18)22-8/h1,5-8,18-20H,2H2,(H,16,17,21)/t5-,6?,7+,8+/m1/s1. The first-order chi connectivity index (χ1) is 10.4. The van der Waals surface area contributed by atoms with Gasteiger partial charge < -0.3 is 25.0 Å². The van der Waals surface area contributed by atoms with Crippen molar-refractivity contribution in [1.29, 1.82) is 0 Å². The Morgan fingerprint density at radius 3 is 2.55 bits per heavy atom. The van der Waals surface area contributed by atoms with Crippen LogP contribution in [0.4, 0.5) is 8.78 Å². The number of aliphatic hydroxyl groups excluding tert-OH is 3. The number of ether oxygens (including phenoxy) is 1. The minimum atomic E-state index is -1.46. The summed E-state index contributed by atoms with van der Waals surface area (Å²) in [5.74, 6) is -2.89. The first kappa shape index (κ1) is 14.9. The van der Waals surface area contributed by atoms with Crippen molar-refractivity contribution in [3.63, 3.8) is 0 Å². The molecule has 0 amide bonds. The van der Waals surface area contributed by atoms with Crippen molar-refractivity contribution in [2.24, 2.45) is 0 Å². The Labute approximate surface area is 121 Å². The smallest absolute Gasteiger partial charge is 0.270 e. The molecule has 4 atom stereocenters. The average Bonchev–Trinajstić information content (AvgIpc) is 2.76. The van der Waals surface area contributed by atoms with Crippen LogP contribution < -0.4 is 5.56 Å². The minimum Gasteiger partial charge on any atom is -0.394 e. The fourth-order valence-electron chi connectivity index (χ4n) is 2.36. The fourth-order valence-corrected chi connectivity index (χ4v) is 2.36. The number of aromatic nitrogens is 3. The van der Waals surface area contributed by atoms with Gasteiger partial charge >= 0.3 is 0 Å². The van der Waals surface area contributed by atoms with Crippen molar-refractivity contribution in [3.05, 3.63) is 33.9 Å². The van der Waals surface area contributed by atoms with E-state index in [0.29, 0.717) is 0 Å². The number of nitrogens with zero attached hydrogens (tertiary/aromatic N) is 2. The second-order valence-corrected chi connectivity index (χ2v) is 4.85. The summed E-state index contributed by atoms with van der Waals surface area (Å²) in [5.41, 5.74) is -1.32. The molecule has 0 aromatic carbocycles. The Morgan fingerprint density at radius 2 is 1.91 bits per heavy atom. The summed E-state index contributed by atoms with van der Waals surface area (Å²) >= 11 is 0. The van der Waals surface area contributed by atoms with E-state index in [0.717, 1.165) is 6.07 Å². The van der Waals surface area contributed by atoms with Crippen LogP contribution in [0.5, 0.6) is 0 Å². The second-order valence-electron chi connectivity index (χ2n) is 4.85. The Morgan fingerprint density at radius 1 is 1.23 bits per heavy atom. The number of aromatic amines is 1. The number of H-pyrrole nitrogens is 1. The quantitative estimate of drug-likeness (QED) is 0.545. The summed E-state index contributed by atoms with van der Waals surface area (Å²) in [6, 6.07) is 1.09.